The second-order valence-corrected chi connectivity index (χ2v) is 7.42. The second kappa shape index (κ2) is 8.88. The Morgan fingerprint density at radius 1 is 1.22 bits per heavy atom. The molecule has 1 saturated carbocycles. The van der Waals surface area contributed by atoms with E-state index in [0.29, 0.717) is 36.7 Å². The van der Waals surface area contributed by atoms with E-state index in [1.165, 1.54) is 24.2 Å². The van der Waals surface area contributed by atoms with Crippen molar-refractivity contribution in [2.75, 3.05) is 23.3 Å². The highest BCUT2D eigenvalue weighted by Gasteiger charge is 2.26. The molecule has 4 amide bonds. The summed E-state index contributed by atoms with van der Waals surface area (Å²) in [5.74, 6) is 0.364. The van der Waals surface area contributed by atoms with Gasteiger partial charge in [-0.05, 0) is 37.3 Å². The number of nitrogens with zero attached hydrogens (tertiary/aromatic N) is 1. The number of fused-ring (bicyclic) bond motifs is 1. The van der Waals surface area contributed by atoms with Gasteiger partial charge in [0.05, 0.1) is 11.4 Å². The van der Waals surface area contributed by atoms with Gasteiger partial charge in [0.15, 0.2) is 0 Å². The van der Waals surface area contributed by atoms with E-state index in [0.717, 1.165) is 6.42 Å². The molecule has 0 unspecified atom stereocenters. The van der Waals surface area contributed by atoms with Crippen LogP contribution in [0.5, 0.6) is 0 Å². The number of nitrogens with one attached hydrogen (secondary N) is 3. The van der Waals surface area contributed by atoms with E-state index in [4.69, 9.17) is 0 Å². The molecule has 1 aromatic carbocycles. The molecule has 0 saturated heterocycles. The summed E-state index contributed by atoms with van der Waals surface area (Å²) in [6, 6.07) is 7.17. The van der Waals surface area contributed by atoms with Crippen LogP contribution in [-0.4, -0.2) is 37.0 Å². The van der Waals surface area contributed by atoms with Crippen molar-refractivity contribution in [3.8, 4) is 0 Å². The smallest absolute Gasteiger partial charge is 0.322 e. The first-order chi connectivity index (χ1) is 13.0. The summed E-state index contributed by atoms with van der Waals surface area (Å²) in [4.78, 5) is 37.8. The number of hydrogen-bond donors (Lipinski definition) is 3. The minimum absolute atomic E-state index is 0.0110. The van der Waals surface area contributed by atoms with Crippen molar-refractivity contribution in [3.05, 3.63) is 24.3 Å². The van der Waals surface area contributed by atoms with Crippen molar-refractivity contribution in [2.45, 2.75) is 51.5 Å². The number of urea groups is 1. The maximum absolute atomic E-state index is 12.4. The normalized spacial score (nSPS) is 21.8. The highest BCUT2D eigenvalue weighted by molar-refractivity contribution is 6.09. The van der Waals surface area contributed by atoms with Crippen molar-refractivity contribution >= 4 is 29.2 Å². The zero-order valence-electron chi connectivity index (χ0n) is 15.8. The molecule has 146 valence electrons. The second-order valence-electron chi connectivity index (χ2n) is 7.42. The lowest BCUT2D eigenvalue weighted by molar-refractivity contribution is -0.122. The van der Waals surface area contributed by atoms with Crippen LogP contribution >= 0.6 is 0 Å². The molecule has 1 aliphatic carbocycles. The lowest BCUT2D eigenvalue weighted by atomic mass is 9.86. The van der Waals surface area contributed by atoms with Crippen LogP contribution in [-0.2, 0) is 9.59 Å². The maximum Gasteiger partial charge on any atom is 0.322 e. The van der Waals surface area contributed by atoms with Gasteiger partial charge in [-0.15, -0.1) is 0 Å². The molecule has 27 heavy (non-hydrogen) atoms. The first kappa shape index (κ1) is 19.2. The van der Waals surface area contributed by atoms with Crippen LogP contribution < -0.4 is 20.9 Å². The Kier molecular flexibility index (Phi) is 6.32. The van der Waals surface area contributed by atoms with E-state index in [1.807, 2.05) is 12.1 Å². The van der Waals surface area contributed by atoms with Crippen LogP contribution in [0.15, 0.2) is 24.3 Å². The van der Waals surface area contributed by atoms with E-state index in [-0.39, 0.29) is 30.4 Å². The molecule has 2 atom stereocenters. The third-order valence-corrected chi connectivity index (χ3v) is 5.33. The largest absolute Gasteiger partial charge is 0.353 e. The summed E-state index contributed by atoms with van der Waals surface area (Å²) in [5, 5.41) is 8.69. The predicted molar refractivity (Wildman–Crippen MR) is 105 cm³/mol. The van der Waals surface area contributed by atoms with Gasteiger partial charge in [-0.2, -0.15) is 0 Å². The maximum atomic E-state index is 12.4. The number of benzene rings is 1. The fraction of sp³-hybridized carbons (Fsp3) is 0.550. The molecule has 0 spiro atoms. The summed E-state index contributed by atoms with van der Waals surface area (Å²) < 4.78 is 0. The van der Waals surface area contributed by atoms with Crippen LogP contribution in [0.1, 0.15) is 45.4 Å². The Morgan fingerprint density at radius 3 is 2.81 bits per heavy atom. The molecule has 1 heterocycles. The molecule has 0 aromatic heterocycles. The molecule has 0 radical (unpaired) electrons. The number of hydrogen-bond acceptors (Lipinski definition) is 3. The minimum atomic E-state index is -0.321. The van der Waals surface area contributed by atoms with Gasteiger partial charge in [0.25, 0.3) is 0 Å². The third kappa shape index (κ3) is 4.99. The van der Waals surface area contributed by atoms with Gasteiger partial charge in [0, 0.05) is 19.0 Å². The van der Waals surface area contributed by atoms with Crippen molar-refractivity contribution in [3.63, 3.8) is 0 Å². The molecule has 7 nitrogen and oxygen atoms in total. The molecule has 7 heteroatoms. The molecule has 2 aliphatic rings. The van der Waals surface area contributed by atoms with Gasteiger partial charge >= 0.3 is 6.03 Å². The molecular weight excluding hydrogens is 344 g/mol. The zero-order chi connectivity index (χ0) is 19.2. The Labute approximate surface area is 159 Å². The van der Waals surface area contributed by atoms with Crippen LogP contribution in [0.25, 0.3) is 0 Å². The minimum Gasteiger partial charge on any atom is -0.353 e. The van der Waals surface area contributed by atoms with E-state index in [2.05, 4.69) is 22.9 Å². The van der Waals surface area contributed by atoms with Gasteiger partial charge in [-0.25, -0.2) is 4.79 Å². The van der Waals surface area contributed by atoms with Crippen LogP contribution in [0.2, 0.25) is 0 Å². The predicted octanol–water partition coefficient (Wildman–Crippen LogP) is 2.63. The molecule has 0 bridgehead atoms. The Hall–Kier alpha value is -2.57. The number of para-hydroxylation sites is 2. The number of rotatable bonds is 5. The first-order valence-corrected chi connectivity index (χ1v) is 9.78. The summed E-state index contributed by atoms with van der Waals surface area (Å²) in [6.45, 7) is 2.58. The van der Waals surface area contributed by atoms with Gasteiger partial charge in [0.1, 0.15) is 6.54 Å². The quantitative estimate of drug-likeness (QED) is 0.694. The van der Waals surface area contributed by atoms with Crippen LogP contribution in [0.3, 0.4) is 0 Å². The third-order valence-electron chi connectivity index (χ3n) is 5.33. The van der Waals surface area contributed by atoms with Crippen LogP contribution in [0, 0.1) is 5.92 Å². The molecule has 3 rings (SSSR count). The molecule has 1 aromatic rings. The van der Waals surface area contributed by atoms with E-state index in [9.17, 15) is 14.4 Å². The molecule has 1 aliphatic heterocycles. The summed E-state index contributed by atoms with van der Waals surface area (Å²) in [5.41, 5.74) is 1.31. The van der Waals surface area contributed by atoms with Crippen molar-refractivity contribution in [2.24, 2.45) is 5.92 Å². The fourth-order valence-electron chi connectivity index (χ4n) is 3.76. The molecular formula is C20H28N4O3. The zero-order valence-corrected chi connectivity index (χ0v) is 15.8. The van der Waals surface area contributed by atoms with Gasteiger partial charge < -0.3 is 16.0 Å². The van der Waals surface area contributed by atoms with Gasteiger partial charge in [-0.3, -0.25) is 14.5 Å². The highest BCUT2D eigenvalue weighted by Crippen LogP contribution is 2.28. The number of anilines is 2. The fourth-order valence-corrected chi connectivity index (χ4v) is 3.76. The van der Waals surface area contributed by atoms with Crippen molar-refractivity contribution in [1.29, 1.82) is 0 Å². The van der Waals surface area contributed by atoms with Crippen LogP contribution in [0.4, 0.5) is 16.2 Å². The Balaban J connectivity index is 1.42. The Bertz CT molecular complexity index is 706. The summed E-state index contributed by atoms with van der Waals surface area (Å²) in [7, 11) is 0. The summed E-state index contributed by atoms with van der Waals surface area (Å²) >= 11 is 0. The summed E-state index contributed by atoms with van der Waals surface area (Å²) in [6.07, 6.45) is 5.61. The van der Waals surface area contributed by atoms with Gasteiger partial charge in [0.2, 0.25) is 11.8 Å². The van der Waals surface area contributed by atoms with Gasteiger partial charge in [-0.1, -0.05) is 31.9 Å². The number of carbonyl (C=O) groups excluding carboxylic acids is 3. The molecule has 1 fully saturated rings. The topological polar surface area (TPSA) is 90.5 Å². The Morgan fingerprint density at radius 2 is 2.00 bits per heavy atom. The molecule has 3 N–H and O–H groups in total. The number of carbonyl (C=O) groups is 3. The van der Waals surface area contributed by atoms with E-state index >= 15 is 0 Å². The monoisotopic (exact) mass is 372 g/mol. The average molecular weight is 372 g/mol. The first-order valence-electron chi connectivity index (χ1n) is 9.78. The highest BCUT2D eigenvalue weighted by atomic mass is 16.2. The average Bonchev–Trinajstić information content (AvgIpc) is 2.66. The standard InChI is InChI=1S/C20H28N4O3/c1-14-7-2-3-8-15(14)22-18(25)11-6-12-21-20(27)24-13-19(26)23-16-9-4-5-10-17(16)24/h4-5,9-10,14-15H,2-3,6-8,11-13H2,1H3,(H,21,27)(H,22,25)(H,23,26)/t14-,15+/m0/s1. The SMILES string of the molecule is C[C@H]1CCCC[C@H]1NC(=O)CCCNC(=O)N1CC(=O)Nc2ccccc21. The number of amides is 4. The van der Waals surface area contributed by atoms with Crippen molar-refractivity contribution in [1.82, 2.24) is 10.6 Å². The van der Waals surface area contributed by atoms with Crippen molar-refractivity contribution < 1.29 is 14.4 Å². The van der Waals surface area contributed by atoms with E-state index < -0.39 is 0 Å². The van der Waals surface area contributed by atoms with E-state index in [1.54, 1.807) is 12.1 Å². The lowest BCUT2D eigenvalue weighted by Crippen LogP contribution is -2.47. The lowest BCUT2D eigenvalue weighted by Gasteiger charge is -2.29.